The summed E-state index contributed by atoms with van der Waals surface area (Å²) in [7, 11) is 0. The van der Waals surface area contributed by atoms with Crippen LogP contribution in [0, 0.1) is 0 Å². The lowest BCUT2D eigenvalue weighted by Crippen LogP contribution is -2.38. The average molecular weight is 418 g/mol. The van der Waals surface area contributed by atoms with Crippen LogP contribution in [0.15, 0.2) is 53.8 Å². The maximum Gasteiger partial charge on any atom is 0.191 e. The largest absolute Gasteiger partial charge is 0.361 e. The number of aryl methyl sites for hydroxylation is 2. The molecular weight excluding hydrogens is 386 g/mol. The first-order chi connectivity index (χ1) is 15.3. The number of para-hydroxylation sites is 1. The lowest BCUT2D eigenvalue weighted by Gasteiger charge is -2.11. The van der Waals surface area contributed by atoms with Gasteiger partial charge in [-0.05, 0) is 49.4 Å². The molecule has 0 bridgehead atoms. The molecule has 3 heterocycles. The van der Waals surface area contributed by atoms with Crippen molar-refractivity contribution in [3.8, 4) is 0 Å². The number of fused-ring (bicyclic) bond motifs is 2. The number of aliphatic imine (C=N–C) groups is 1. The normalized spacial score (nSPS) is 12.0. The van der Waals surface area contributed by atoms with Crippen LogP contribution in [-0.2, 0) is 19.3 Å². The van der Waals surface area contributed by atoms with Gasteiger partial charge in [-0.25, -0.2) is 0 Å². The standard InChI is InChI=1S/C24H31N7/c1-3-18-9-7-10-20-19(17-28-23(18)20)13-15-27-24(25-4-2)26-14-8-12-22-30-29-21-11-5-6-16-31(21)22/h5-7,9-11,16-17,28H,3-4,8,12-15H2,1-2H3,(H2,25,26,27). The zero-order valence-corrected chi connectivity index (χ0v) is 18.4. The van der Waals surface area contributed by atoms with Gasteiger partial charge in [0.25, 0.3) is 0 Å². The van der Waals surface area contributed by atoms with Crippen molar-refractivity contribution in [1.29, 1.82) is 0 Å². The number of hydrogen-bond donors (Lipinski definition) is 3. The summed E-state index contributed by atoms with van der Waals surface area (Å²) in [5.74, 6) is 1.84. The van der Waals surface area contributed by atoms with Gasteiger partial charge in [0.05, 0.1) is 0 Å². The fourth-order valence-electron chi connectivity index (χ4n) is 3.92. The summed E-state index contributed by atoms with van der Waals surface area (Å²) in [6.07, 6.45) is 7.91. The van der Waals surface area contributed by atoms with Gasteiger partial charge in [0, 0.05) is 49.4 Å². The Hall–Kier alpha value is -3.35. The van der Waals surface area contributed by atoms with Crippen molar-refractivity contribution in [3.05, 3.63) is 65.7 Å². The lowest BCUT2D eigenvalue weighted by atomic mass is 10.1. The molecule has 0 radical (unpaired) electrons. The van der Waals surface area contributed by atoms with E-state index in [2.05, 4.69) is 64.1 Å². The molecule has 0 atom stereocenters. The molecule has 7 nitrogen and oxygen atoms in total. The van der Waals surface area contributed by atoms with Gasteiger partial charge in [0.1, 0.15) is 5.82 Å². The van der Waals surface area contributed by atoms with E-state index in [-0.39, 0.29) is 0 Å². The van der Waals surface area contributed by atoms with Crippen LogP contribution < -0.4 is 10.6 Å². The Morgan fingerprint density at radius 1 is 1.03 bits per heavy atom. The first-order valence-electron chi connectivity index (χ1n) is 11.2. The van der Waals surface area contributed by atoms with Gasteiger partial charge in [0.2, 0.25) is 0 Å². The minimum absolute atomic E-state index is 0.740. The van der Waals surface area contributed by atoms with Gasteiger partial charge in [-0.2, -0.15) is 0 Å². The Morgan fingerprint density at radius 3 is 2.84 bits per heavy atom. The Balaban J connectivity index is 1.30. The van der Waals surface area contributed by atoms with E-state index >= 15 is 0 Å². The van der Waals surface area contributed by atoms with Crippen LogP contribution in [0.5, 0.6) is 0 Å². The molecule has 31 heavy (non-hydrogen) atoms. The molecule has 0 saturated carbocycles. The number of nitrogens with one attached hydrogen (secondary N) is 3. The van der Waals surface area contributed by atoms with Gasteiger partial charge >= 0.3 is 0 Å². The van der Waals surface area contributed by atoms with Crippen LogP contribution in [0.1, 0.15) is 37.2 Å². The number of H-pyrrole nitrogens is 1. The van der Waals surface area contributed by atoms with Crippen molar-refractivity contribution in [3.63, 3.8) is 0 Å². The molecule has 0 aliphatic heterocycles. The molecule has 0 spiro atoms. The zero-order chi connectivity index (χ0) is 21.5. The quantitative estimate of drug-likeness (QED) is 0.221. The van der Waals surface area contributed by atoms with Crippen molar-refractivity contribution in [1.82, 2.24) is 30.2 Å². The molecule has 0 aliphatic rings. The predicted octanol–water partition coefficient (Wildman–Crippen LogP) is 3.50. The Morgan fingerprint density at radius 2 is 1.97 bits per heavy atom. The van der Waals surface area contributed by atoms with Gasteiger partial charge in [-0.15, -0.1) is 10.2 Å². The average Bonchev–Trinajstić information content (AvgIpc) is 3.41. The zero-order valence-electron chi connectivity index (χ0n) is 18.4. The number of benzene rings is 1. The highest BCUT2D eigenvalue weighted by atomic mass is 15.2. The third kappa shape index (κ3) is 4.87. The number of guanidine groups is 1. The predicted molar refractivity (Wildman–Crippen MR) is 127 cm³/mol. The Labute approximate surface area is 183 Å². The van der Waals surface area contributed by atoms with E-state index in [9.17, 15) is 0 Å². The monoisotopic (exact) mass is 417 g/mol. The van der Waals surface area contributed by atoms with Crippen molar-refractivity contribution in [2.24, 2.45) is 4.99 Å². The van der Waals surface area contributed by atoms with Crippen LogP contribution in [0.25, 0.3) is 16.6 Å². The molecule has 162 valence electrons. The van der Waals surface area contributed by atoms with Crippen LogP contribution in [-0.4, -0.2) is 45.2 Å². The fourth-order valence-corrected chi connectivity index (χ4v) is 3.92. The summed E-state index contributed by atoms with van der Waals surface area (Å²) in [5, 5.41) is 16.6. The summed E-state index contributed by atoms with van der Waals surface area (Å²) in [6.45, 7) is 6.70. The van der Waals surface area contributed by atoms with Crippen molar-refractivity contribution >= 4 is 22.5 Å². The molecule has 7 heteroatoms. The molecule has 3 aromatic heterocycles. The minimum Gasteiger partial charge on any atom is -0.361 e. The van der Waals surface area contributed by atoms with Gasteiger partial charge < -0.3 is 15.6 Å². The summed E-state index contributed by atoms with van der Waals surface area (Å²) in [6, 6.07) is 12.5. The highest BCUT2D eigenvalue weighted by Gasteiger charge is 2.07. The molecule has 4 rings (SSSR count). The van der Waals surface area contributed by atoms with Crippen molar-refractivity contribution in [2.75, 3.05) is 19.6 Å². The van der Waals surface area contributed by atoms with E-state index < -0.39 is 0 Å². The fraction of sp³-hybridized carbons (Fsp3) is 0.375. The van der Waals surface area contributed by atoms with E-state index in [1.807, 2.05) is 28.8 Å². The van der Waals surface area contributed by atoms with Crippen LogP contribution >= 0.6 is 0 Å². The van der Waals surface area contributed by atoms with Crippen LogP contribution in [0.4, 0.5) is 0 Å². The van der Waals surface area contributed by atoms with Gasteiger partial charge in [-0.3, -0.25) is 9.39 Å². The molecule has 4 aromatic rings. The van der Waals surface area contributed by atoms with Crippen molar-refractivity contribution < 1.29 is 0 Å². The number of aromatic amines is 1. The lowest BCUT2D eigenvalue weighted by molar-refractivity contribution is 0.750. The molecule has 3 N–H and O–H groups in total. The SMILES string of the molecule is CCNC(=NCCCc1nnc2ccccn12)NCCc1c[nH]c2c(CC)cccc12. The molecule has 0 saturated heterocycles. The smallest absolute Gasteiger partial charge is 0.191 e. The van der Waals surface area contributed by atoms with E-state index in [4.69, 9.17) is 4.99 Å². The van der Waals surface area contributed by atoms with E-state index in [1.165, 1.54) is 22.0 Å². The number of pyridine rings is 1. The van der Waals surface area contributed by atoms with Crippen molar-refractivity contribution in [2.45, 2.75) is 39.5 Å². The minimum atomic E-state index is 0.740. The summed E-state index contributed by atoms with van der Waals surface area (Å²) in [4.78, 5) is 8.18. The first-order valence-corrected chi connectivity index (χ1v) is 11.2. The Bertz CT molecular complexity index is 1160. The highest BCUT2D eigenvalue weighted by Crippen LogP contribution is 2.22. The molecule has 0 aliphatic carbocycles. The first kappa shape index (κ1) is 20.9. The topological polar surface area (TPSA) is 82.4 Å². The van der Waals surface area contributed by atoms with Gasteiger partial charge in [-0.1, -0.05) is 31.2 Å². The third-order valence-corrected chi connectivity index (χ3v) is 5.51. The number of hydrogen-bond acceptors (Lipinski definition) is 3. The maximum absolute atomic E-state index is 4.73. The summed E-state index contributed by atoms with van der Waals surface area (Å²) in [5.41, 5.74) is 4.86. The number of rotatable bonds is 9. The Kier molecular flexibility index (Phi) is 6.82. The van der Waals surface area contributed by atoms with Crippen LogP contribution in [0.3, 0.4) is 0 Å². The molecular formula is C24H31N7. The molecule has 0 fully saturated rings. The number of aromatic nitrogens is 4. The summed E-state index contributed by atoms with van der Waals surface area (Å²) < 4.78 is 2.04. The molecule has 1 aromatic carbocycles. The molecule has 0 unspecified atom stereocenters. The third-order valence-electron chi connectivity index (χ3n) is 5.51. The molecule has 0 amide bonds. The maximum atomic E-state index is 4.73. The summed E-state index contributed by atoms with van der Waals surface area (Å²) >= 11 is 0. The highest BCUT2D eigenvalue weighted by molar-refractivity contribution is 5.86. The van der Waals surface area contributed by atoms with Gasteiger partial charge in [0.15, 0.2) is 11.6 Å². The van der Waals surface area contributed by atoms with E-state index in [1.54, 1.807) is 0 Å². The van der Waals surface area contributed by atoms with E-state index in [0.717, 1.165) is 62.7 Å². The second-order valence-corrected chi connectivity index (χ2v) is 7.59. The van der Waals surface area contributed by atoms with E-state index in [0.29, 0.717) is 0 Å². The number of nitrogens with zero attached hydrogens (tertiary/aromatic N) is 4. The second-order valence-electron chi connectivity index (χ2n) is 7.59. The second kappa shape index (κ2) is 10.1. The van der Waals surface area contributed by atoms with Crippen LogP contribution in [0.2, 0.25) is 0 Å².